The molecule has 29 heavy (non-hydrogen) atoms. The normalized spacial score (nSPS) is 22.9. The van der Waals surface area contributed by atoms with Crippen LogP contribution >= 0.6 is 0 Å². The summed E-state index contributed by atoms with van der Waals surface area (Å²) in [7, 11) is 0. The molecule has 0 bridgehead atoms. The molecular weight excluding hydrogens is 364 g/mol. The van der Waals surface area contributed by atoms with Gasteiger partial charge in [-0.25, -0.2) is 0 Å². The molecule has 0 atom stereocenters. The van der Waals surface area contributed by atoms with Gasteiger partial charge in [0.05, 0.1) is 6.42 Å². The third-order valence-corrected chi connectivity index (χ3v) is 7.22. The molecule has 2 amide bonds. The lowest BCUT2D eigenvalue weighted by atomic mass is 9.72. The van der Waals surface area contributed by atoms with Crippen molar-refractivity contribution in [2.75, 3.05) is 39.4 Å². The summed E-state index contributed by atoms with van der Waals surface area (Å²) in [4.78, 5) is 29.4. The molecule has 4 rings (SSSR count). The molecule has 0 aromatic heterocycles. The van der Waals surface area contributed by atoms with Gasteiger partial charge in [-0.15, -0.1) is 0 Å². The summed E-state index contributed by atoms with van der Waals surface area (Å²) >= 11 is 0. The van der Waals surface area contributed by atoms with E-state index in [1.54, 1.807) is 0 Å². The highest BCUT2D eigenvalue weighted by molar-refractivity contribution is 5.79. The molecule has 1 spiro atoms. The van der Waals surface area contributed by atoms with Gasteiger partial charge in [0, 0.05) is 45.8 Å². The second-order valence-corrected chi connectivity index (χ2v) is 9.37. The third-order valence-electron chi connectivity index (χ3n) is 7.22. The molecule has 3 heterocycles. The first-order valence-corrected chi connectivity index (χ1v) is 11.2. The molecule has 0 unspecified atom stereocenters. The Kier molecular flexibility index (Phi) is 6.23. The number of likely N-dealkylation sites (tertiary alicyclic amines) is 2. The van der Waals surface area contributed by atoms with Gasteiger partial charge in [0.2, 0.25) is 11.8 Å². The second kappa shape index (κ2) is 8.86. The number of carbonyl (C=O) groups excluding carboxylic acids is 2. The molecule has 3 fully saturated rings. The fraction of sp³-hybridized carbons (Fsp3) is 0.667. The van der Waals surface area contributed by atoms with Crippen molar-refractivity contribution in [2.45, 2.75) is 51.9 Å². The first kappa shape index (κ1) is 20.4. The lowest BCUT2D eigenvalue weighted by Crippen LogP contribution is -2.53. The summed E-state index contributed by atoms with van der Waals surface area (Å²) in [6, 6.07) is 8.25. The Hall–Kier alpha value is -1.88. The third kappa shape index (κ3) is 5.00. The molecule has 0 radical (unpaired) electrons. The predicted octanol–water partition coefficient (Wildman–Crippen LogP) is 3.20. The van der Waals surface area contributed by atoms with E-state index in [0.29, 0.717) is 24.7 Å². The quantitative estimate of drug-likeness (QED) is 0.783. The number of hydrogen-bond acceptors (Lipinski definition) is 3. The van der Waals surface area contributed by atoms with Crippen LogP contribution in [0.5, 0.6) is 0 Å². The minimum atomic E-state index is 0.208. The predicted molar refractivity (Wildman–Crippen MR) is 112 cm³/mol. The van der Waals surface area contributed by atoms with Crippen molar-refractivity contribution in [3.63, 3.8) is 0 Å². The Morgan fingerprint density at radius 2 is 1.79 bits per heavy atom. The summed E-state index contributed by atoms with van der Waals surface area (Å²) in [5.74, 6) is 1.13. The van der Waals surface area contributed by atoms with Crippen LogP contribution < -0.4 is 0 Å². The SMILES string of the molecule is Cc1ccc(CC(=O)N2CCC3(CCC(=O)N(CC4CCOCC4)C3)CC2)cc1. The van der Waals surface area contributed by atoms with Crippen molar-refractivity contribution in [3.05, 3.63) is 35.4 Å². The van der Waals surface area contributed by atoms with Gasteiger partial charge in [-0.2, -0.15) is 0 Å². The molecule has 0 saturated carbocycles. The van der Waals surface area contributed by atoms with Gasteiger partial charge in [-0.05, 0) is 55.9 Å². The first-order valence-electron chi connectivity index (χ1n) is 11.2. The lowest BCUT2D eigenvalue weighted by molar-refractivity contribution is -0.143. The van der Waals surface area contributed by atoms with Crippen molar-refractivity contribution in [1.82, 2.24) is 9.80 Å². The molecule has 3 aliphatic rings. The van der Waals surface area contributed by atoms with Crippen molar-refractivity contribution in [1.29, 1.82) is 0 Å². The zero-order valence-electron chi connectivity index (χ0n) is 17.7. The fourth-order valence-corrected chi connectivity index (χ4v) is 5.14. The maximum Gasteiger partial charge on any atom is 0.226 e. The largest absolute Gasteiger partial charge is 0.381 e. The molecule has 5 heteroatoms. The fourth-order valence-electron chi connectivity index (χ4n) is 5.14. The van der Waals surface area contributed by atoms with Crippen LogP contribution in [-0.2, 0) is 20.7 Å². The van der Waals surface area contributed by atoms with Crippen LogP contribution in [0.15, 0.2) is 24.3 Å². The first-order chi connectivity index (χ1) is 14.0. The number of hydrogen-bond donors (Lipinski definition) is 0. The Morgan fingerprint density at radius 3 is 2.48 bits per heavy atom. The maximum absolute atomic E-state index is 12.8. The zero-order valence-corrected chi connectivity index (χ0v) is 17.7. The lowest BCUT2D eigenvalue weighted by Gasteiger charge is -2.48. The average molecular weight is 399 g/mol. The minimum Gasteiger partial charge on any atom is -0.381 e. The van der Waals surface area contributed by atoms with Gasteiger partial charge in [0.25, 0.3) is 0 Å². The number of rotatable bonds is 4. The summed E-state index contributed by atoms with van der Waals surface area (Å²) < 4.78 is 5.47. The summed E-state index contributed by atoms with van der Waals surface area (Å²) in [6.45, 7) is 7.14. The molecule has 5 nitrogen and oxygen atoms in total. The van der Waals surface area contributed by atoms with Crippen LogP contribution in [0.1, 0.15) is 49.7 Å². The van der Waals surface area contributed by atoms with Crippen LogP contribution in [-0.4, -0.2) is 61.0 Å². The highest BCUT2D eigenvalue weighted by atomic mass is 16.5. The maximum atomic E-state index is 12.8. The highest BCUT2D eigenvalue weighted by Crippen LogP contribution is 2.40. The Bertz CT molecular complexity index is 716. The Labute approximate surface area is 174 Å². The number of piperidine rings is 2. The number of carbonyl (C=O) groups is 2. The van der Waals surface area contributed by atoms with Crippen LogP contribution in [0, 0.1) is 18.3 Å². The van der Waals surface area contributed by atoms with Crippen LogP contribution in [0.4, 0.5) is 0 Å². The standard InChI is InChI=1S/C24H34N2O3/c1-19-2-4-20(5-3-19)16-23(28)25-12-10-24(11-13-25)9-6-22(27)26(18-24)17-21-7-14-29-15-8-21/h2-5,21H,6-18H2,1H3. The van der Waals surface area contributed by atoms with E-state index in [0.717, 1.165) is 77.1 Å². The van der Waals surface area contributed by atoms with Gasteiger partial charge in [0.15, 0.2) is 0 Å². The van der Waals surface area contributed by atoms with Crippen LogP contribution in [0.2, 0.25) is 0 Å². The van der Waals surface area contributed by atoms with E-state index in [2.05, 4.69) is 36.1 Å². The Balaban J connectivity index is 1.30. The van der Waals surface area contributed by atoms with Crippen molar-refractivity contribution < 1.29 is 14.3 Å². The second-order valence-electron chi connectivity index (χ2n) is 9.37. The molecule has 158 valence electrons. The number of aryl methyl sites for hydroxylation is 1. The summed E-state index contributed by atoms with van der Waals surface area (Å²) in [6.07, 6.45) is 6.31. The number of amides is 2. The van der Waals surface area contributed by atoms with E-state index in [4.69, 9.17) is 4.74 Å². The number of benzene rings is 1. The van der Waals surface area contributed by atoms with Crippen molar-refractivity contribution >= 4 is 11.8 Å². The molecule has 3 saturated heterocycles. The number of ether oxygens (including phenoxy) is 1. The number of nitrogens with zero attached hydrogens (tertiary/aromatic N) is 2. The molecule has 0 aliphatic carbocycles. The topological polar surface area (TPSA) is 49.9 Å². The van der Waals surface area contributed by atoms with Gasteiger partial charge >= 0.3 is 0 Å². The Morgan fingerprint density at radius 1 is 1.10 bits per heavy atom. The van der Waals surface area contributed by atoms with Crippen molar-refractivity contribution in [3.8, 4) is 0 Å². The van der Waals surface area contributed by atoms with E-state index in [1.807, 2.05) is 4.90 Å². The average Bonchev–Trinajstić information content (AvgIpc) is 2.74. The molecule has 1 aromatic rings. The van der Waals surface area contributed by atoms with E-state index in [-0.39, 0.29) is 11.3 Å². The van der Waals surface area contributed by atoms with E-state index >= 15 is 0 Å². The van der Waals surface area contributed by atoms with Crippen LogP contribution in [0.3, 0.4) is 0 Å². The van der Waals surface area contributed by atoms with E-state index in [9.17, 15) is 9.59 Å². The van der Waals surface area contributed by atoms with Gasteiger partial charge in [-0.3, -0.25) is 9.59 Å². The highest BCUT2D eigenvalue weighted by Gasteiger charge is 2.42. The monoisotopic (exact) mass is 398 g/mol. The minimum absolute atomic E-state index is 0.208. The van der Waals surface area contributed by atoms with Gasteiger partial charge in [-0.1, -0.05) is 29.8 Å². The summed E-state index contributed by atoms with van der Waals surface area (Å²) in [5, 5.41) is 0. The summed E-state index contributed by atoms with van der Waals surface area (Å²) in [5.41, 5.74) is 2.52. The van der Waals surface area contributed by atoms with E-state index < -0.39 is 0 Å². The van der Waals surface area contributed by atoms with Gasteiger partial charge in [0.1, 0.15) is 0 Å². The molecule has 1 aromatic carbocycles. The van der Waals surface area contributed by atoms with Gasteiger partial charge < -0.3 is 14.5 Å². The van der Waals surface area contributed by atoms with Crippen molar-refractivity contribution in [2.24, 2.45) is 11.3 Å². The molecular formula is C24H34N2O3. The smallest absolute Gasteiger partial charge is 0.226 e. The van der Waals surface area contributed by atoms with Crippen LogP contribution in [0.25, 0.3) is 0 Å². The molecule has 3 aliphatic heterocycles. The zero-order chi connectivity index (χ0) is 20.3. The van der Waals surface area contributed by atoms with E-state index in [1.165, 1.54) is 5.56 Å². The molecule has 0 N–H and O–H groups in total.